The third-order valence-electron chi connectivity index (χ3n) is 4.25. The Balaban J connectivity index is 2.13. The average Bonchev–Trinajstić information content (AvgIpc) is 2.70. The van der Waals surface area contributed by atoms with E-state index in [9.17, 15) is 9.59 Å². The average molecular weight is 355 g/mol. The van der Waals surface area contributed by atoms with Crippen molar-refractivity contribution >= 4 is 11.9 Å². The lowest BCUT2D eigenvalue weighted by Crippen LogP contribution is -2.41. The molecule has 0 aliphatic rings. The van der Waals surface area contributed by atoms with Crippen molar-refractivity contribution in [3.05, 3.63) is 66.2 Å². The first-order valence-corrected chi connectivity index (χ1v) is 8.63. The van der Waals surface area contributed by atoms with E-state index in [0.717, 1.165) is 5.56 Å². The first kappa shape index (κ1) is 19.5. The molecule has 0 saturated heterocycles. The van der Waals surface area contributed by atoms with E-state index in [2.05, 4.69) is 0 Å². The molecule has 0 fully saturated rings. The molecule has 0 bridgehead atoms. The molecule has 0 N–H and O–H groups in total. The lowest BCUT2D eigenvalue weighted by Gasteiger charge is -2.31. The van der Waals surface area contributed by atoms with Crippen molar-refractivity contribution in [3.8, 4) is 5.75 Å². The normalized spacial score (nSPS) is 12.7. The van der Waals surface area contributed by atoms with E-state index in [1.807, 2.05) is 55.5 Å². The van der Waals surface area contributed by atoms with Gasteiger partial charge in [0.1, 0.15) is 5.75 Å². The van der Waals surface area contributed by atoms with Crippen molar-refractivity contribution in [3.63, 3.8) is 0 Å². The van der Waals surface area contributed by atoms with Crippen LogP contribution in [0.1, 0.15) is 25.5 Å². The highest BCUT2D eigenvalue weighted by molar-refractivity contribution is 5.79. The first-order valence-electron chi connectivity index (χ1n) is 8.63. The Hall–Kier alpha value is -2.82. The summed E-state index contributed by atoms with van der Waals surface area (Å²) in [5.41, 5.74) is 0.998. The third-order valence-corrected chi connectivity index (χ3v) is 4.25. The fourth-order valence-corrected chi connectivity index (χ4v) is 2.70. The van der Waals surface area contributed by atoms with Gasteiger partial charge in [-0.25, -0.2) is 0 Å². The molecule has 0 aromatic heterocycles. The fraction of sp³-hybridized carbons (Fsp3) is 0.333. The molecule has 5 heteroatoms. The predicted octanol–water partition coefficient (Wildman–Crippen LogP) is 3.46. The molecule has 2 rings (SSSR count). The maximum Gasteiger partial charge on any atom is 0.310 e. The van der Waals surface area contributed by atoms with Gasteiger partial charge in [0.2, 0.25) is 0 Å². The van der Waals surface area contributed by atoms with Crippen LogP contribution in [0.15, 0.2) is 60.7 Å². The lowest BCUT2D eigenvalue weighted by molar-refractivity contribution is -0.147. The molecular weight excluding hydrogens is 330 g/mol. The summed E-state index contributed by atoms with van der Waals surface area (Å²) < 4.78 is 10.4. The van der Waals surface area contributed by atoms with E-state index < -0.39 is 5.92 Å². The highest BCUT2D eigenvalue weighted by atomic mass is 16.5. The van der Waals surface area contributed by atoms with E-state index in [1.54, 1.807) is 24.0 Å². The van der Waals surface area contributed by atoms with Crippen molar-refractivity contribution in [2.24, 2.45) is 5.92 Å². The molecule has 26 heavy (non-hydrogen) atoms. The molecule has 2 unspecified atom stereocenters. The number of esters is 1. The first-order chi connectivity index (χ1) is 12.5. The number of benzene rings is 2. The molecule has 0 radical (unpaired) electrons. The maximum atomic E-state index is 12.8. The monoisotopic (exact) mass is 355 g/mol. The molecule has 2 atom stereocenters. The number of hydrogen-bond donors (Lipinski definition) is 0. The van der Waals surface area contributed by atoms with Crippen molar-refractivity contribution in [2.45, 2.75) is 19.9 Å². The van der Waals surface area contributed by atoms with Crippen LogP contribution in [-0.2, 0) is 14.3 Å². The fourth-order valence-electron chi connectivity index (χ4n) is 2.70. The Morgan fingerprint density at radius 2 is 1.54 bits per heavy atom. The van der Waals surface area contributed by atoms with Crippen LogP contribution >= 0.6 is 0 Å². The summed E-state index contributed by atoms with van der Waals surface area (Å²) in [5, 5.41) is 0. The molecule has 2 aromatic carbocycles. The summed E-state index contributed by atoms with van der Waals surface area (Å²) >= 11 is 0. The van der Waals surface area contributed by atoms with Crippen LogP contribution < -0.4 is 4.74 Å². The Labute approximate surface area is 154 Å². The number of methoxy groups -OCH3 is 1. The second-order valence-corrected chi connectivity index (χ2v) is 6.16. The van der Waals surface area contributed by atoms with Gasteiger partial charge in [0.05, 0.1) is 19.1 Å². The molecule has 0 aliphatic carbocycles. The van der Waals surface area contributed by atoms with Crippen LogP contribution in [-0.4, -0.2) is 37.0 Å². The molecule has 138 valence electrons. The molecule has 2 aromatic rings. The number of nitrogens with zero attached hydrogens (tertiary/aromatic N) is 1. The Bertz CT molecular complexity index is 702. The van der Waals surface area contributed by atoms with Gasteiger partial charge in [-0.05, 0) is 24.6 Å². The number of para-hydroxylation sites is 1. The highest BCUT2D eigenvalue weighted by Crippen LogP contribution is 2.22. The zero-order valence-corrected chi connectivity index (χ0v) is 15.4. The minimum atomic E-state index is -0.424. The summed E-state index contributed by atoms with van der Waals surface area (Å²) in [6.07, 6.45) is 0. The number of hydrogen-bond acceptors (Lipinski definition) is 4. The van der Waals surface area contributed by atoms with E-state index in [4.69, 9.17) is 9.47 Å². The van der Waals surface area contributed by atoms with Crippen LogP contribution in [0.3, 0.4) is 0 Å². The summed E-state index contributed by atoms with van der Waals surface area (Å²) in [5.74, 6) is -0.311. The zero-order valence-electron chi connectivity index (χ0n) is 15.4. The van der Waals surface area contributed by atoms with Crippen molar-refractivity contribution in [1.29, 1.82) is 0 Å². The van der Waals surface area contributed by atoms with E-state index in [0.29, 0.717) is 5.75 Å². The SMILES string of the molecule is COC(=O)C(C)CN(C(=O)COc1ccccc1)C(C)c1ccccc1. The van der Waals surface area contributed by atoms with E-state index in [1.165, 1.54) is 7.11 Å². The number of carbonyl (C=O) groups is 2. The predicted molar refractivity (Wildman–Crippen MR) is 99.7 cm³/mol. The van der Waals surface area contributed by atoms with Crippen LogP contribution in [0.25, 0.3) is 0 Å². The van der Waals surface area contributed by atoms with Crippen molar-refractivity contribution in [2.75, 3.05) is 20.3 Å². The van der Waals surface area contributed by atoms with Crippen LogP contribution in [0.2, 0.25) is 0 Å². The largest absolute Gasteiger partial charge is 0.484 e. The maximum absolute atomic E-state index is 12.8. The van der Waals surface area contributed by atoms with Crippen LogP contribution in [0.5, 0.6) is 5.75 Å². The molecule has 0 heterocycles. The van der Waals surface area contributed by atoms with Gasteiger partial charge in [-0.2, -0.15) is 0 Å². The Morgan fingerprint density at radius 1 is 0.962 bits per heavy atom. The molecule has 0 spiro atoms. The van der Waals surface area contributed by atoms with E-state index >= 15 is 0 Å². The van der Waals surface area contributed by atoms with Gasteiger partial charge in [0.25, 0.3) is 5.91 Å². The summed E-state index contributed by atoms with van der Waals surface area (Å²) in [6.45, 7) is 3.87. The summed E-state index contributed by atoms with van der Waals surface area (Å²) in [7, 11) is 1.35. The van der Waals surface area contributed by atoms with Gasteiger partial charge in [-0.3, -0.25) is 9.59 Å². The number of carbonyl (C=O) groups excluding carboxylic acids is 2. The van der Waals surface area contributed by atoms with Gasteiger partial charge in [0, 0.05) is 6.54 Å². The van der Waals surface area contributed by atoms with Crippen molar-refractivity contribution in [1.82, 2.24) is 4.90 Å². The van der Waals surface area contributed by atoms with Gasteiger partial charge in [0.15, 0.2) is 6.61 Å². The second-order valence-electron chi connectivity index (χ2n) is 6.16. The minimum Gasteiger partial charge on any atom is -0.484 e. The van der Waals surface area contributed by atoms with Crippen molar-refractivity contribution < 1.29 is 19.1 Å². The number of rotatable bonds is 8. The lowest BCUT2D eigenvalue weighted by atomic mass is 10.0. The van der Waals surface area contributed by atoms with Gasteiger partial charge in [-0.15, -0.1) is 0 Å². The molecular formula is C21H25NO4. The van der Waals surface area contributed by atoms with Crippen LogP contribution in [0, 0.1) is 5.92 Å². The summed E-state index contributed by atoms with van der Waals surface area (Å²) in [6, 6.07) is 18.7. The number of ether oxygens (including phenoxy) is 2. The van der Waals surface area contributed by atoms with Gasteiger partial charge in [-0.1, -0.05) is 55.5 Å². The third kappa shape index (κ3) is 5.34. The van der Waals surface area contributed by atoms with Crippen LogP contribution in [0.4, 0.5) is 0 Å². The Morgan fingerprint density at radius 3 is 2.12 bits per heavy atom. The Kier molecular flexibility index (Phi) is 7.21. The van der Waals surface area contributed by atoms with Gasteiger partial charge >= 0.3 is 5.97 Å². The molecule has 5 nitrogen and oxygen atoms in total. The second kappa shape index (κ2) is 9.61. The smallest absolute Gasteiger partial charge is 0.310 e. The zero-order chi connectivity index (χ0) is 18.9. The molecule has 0 aliphatic heterocycles. The van der Waals surface area contributed by atoms with E-state index in [-0.39, 0.29) is 31.1 Å². The quantitative estimate of drug-likeness (QED) is 0.681. The summed E-state index contributed by atoms with van der Waals surface area (Å²) in [4.78, 5) is 26.3. The molecule has 0 saturated carbocycles. The standard InChI is InChI=1S/C21H25NO4/c1-16(21(24)25-3)14-22(17(2)18-10-6-4-7-11-18)20(23)15-26-19-12-8-5-9-13-19/h4-13,16-17H,14-15H2,1-3H3. The molecule has 1 amide bonds. The van der Waals surface area contributed by atoms with Gasteiger partial charge < -0.3 is 14.4 Å². The number of amides is 1. The highest BCUT2D eigenvalue weighted by Gasteiger charge is 2.26. The minimum absolute atomic E-state index is 0.0882. The topological polar surface area (TPSA) is 55.8 Å².